The zero-order valence-corrected chi connectivity index (χ0v) is 14.4. The van der Waals surface area contributed by atoms with Gasteiger partial charge in [-0.3, -0.25) is 9.36 Å². The maximum absolute atomic E-state index is 6.23. The summed E-state index contributed by atoms with van der Waals surface area (Å²) < 4.78 is 5.42. The molecule has 1 aliphatic rings. The molecule has 9 nitrogen and oxygen atoms in total. The zero-order valence-electron chi connectivity index (χ0n) is 14.4. The first kappa shape index (κ1) is 14.9. The fourth-order valence-corrected chi connectivity index (χ4v) is 3.38. The van der Waals surface area contributed by atoms with Crippen LogP contribution in [0.2, 0.25) is 0 Å². The second-order valence-electron chi connectivity index (χ2n) is 6.73. The third kappa shape index (κ3) is 2.17. The van der Waals surface area contributed by atoms with E-state index in [9.17, 15) is 0 Å². The lowest BCUT2D eigenvalue weighted by atomic mass is 9.93. The smallest absolute Gasteiger partial charge is 0.155 e. The quantitative estimate of drug-likeness (QED) is 0.583. The van der Waals surface area contributed by atoms with Crippen molar-refractivity contribution in [1.29, 1.82) is 0 Å². The van der Waals surface area contributed by atoms with Crippen molar-refractivity contribution >= 4 is 17.2 Å². The number of fused-ring (bicyclic) bond motifs is 1. The van der Waals surface area contributed by atoms with Gasteiger partial charge in [0.2, 0.25) is 0 Å². The first-order valence-electron chi connectivity index (χ1n) is 8.59. The van der Waals surface area contributed by atoms with Crippen LogP contribution in [0.3, 0.4) is 0 Å². The van der Waals surface area contributed by atoms with Gasteiger partial charge in [0.05, 0.1) is 40.8 Å². The molecule has 4 N–H and O–H groups in total. The molecule has 5 rings (SSSR count). The van der Waals surface area contributed by atoms with Crippen LogP contribution in [0.5, 0.6) is 0 Å². The van der Waals surface area contributed by atoms with Gasteiger partial charge < -0.3 is 11.5 Å². The lowest BCUT2D eigenvalue weighted by Gasteiger charge is -2.25. The van der Waals surface area contributed by atoms with Crippen LogP contribution in [-0.2, 0) is 7.05 Å². The Morgan fingerprint density at radius 1 is 1.04 bits per heavy atom. The molecule has 1 saturated carbocycles. The summed E-state index contributed by atoms with van der Waals surface area (Å²) in [5.41, 5.74) is 16.1. The van der Waals surface area contributed by atoms with Crippen LogP contribution in [0.25, 0.3) is 28.0 Å². The van der Waals surface area contributed by atoms with E-state index in [1.54, 1.807) is 15.4 Å². The lowest BCUT2D eigenvalue weighted by Crippen LogP contribution is -2.17. The molecule has 26 heavy (non-hydrogen) atoms. The number of rotatable bonds is 3. The number of nitrogens with two attached hydrogens (primary N) is 2. The highest BCUT2D eigenvalue weighted by Crippen LogP contribution is 2.36. The van der Waals surface area contributed by atoms with Crippen molar-refractivity contribution in [1.82, 2.24) is 34.2 Å². The first-order chi connectivity index (χ1) is 12.6. The minimum absolute atomic E-state index is 0.426. The van der Waals surface area contributed by atoms with E-state index in [0.29, 0.717) is 23.4 Å². The summed E-state index contributed by atoms with van der Waals surface area (Å²) in [6, 6.07) is 2.35. The summed E-state index contributed by atoms with van der Waals surface area (Å²) in [5.74, 6) is 0.902. The Morgan fingerprint density at radius 3 is 2.54 bits per heavy atom. The fourth-order valence-electron chi connectivity index (χ4n) is 3.38. The van der Waals surface area contributed by atoms with Crippen molar-refractivity contribution in [3.05, 3.63) is 30.9 Å². The van der Waals surface area contributed by atoms with Gasteiger partial charge in [0, 0.05) is 19.4 Å². The van der Waals surface area contributed by atoms with Crippen LogP contribution in [-0.4, -0.2) is 34.2 Å². The normalized spacial score (nSPS) is 14.8. The molecular weight excluding hydrogens is 330 g/mol. The molecule has 0 spiro atoms. The Labute approximate surface area is 149 Å². The van der Waals surface area contributed by atoms with Crippen molar-refractivity contribution in [2.45, 2.75) is 25.3 Å². The molecule has 4 aromatic rings. The minimum atomic E-state index is 0.426. The second-order valence-corrected chi connectivity index (χ2v) is 6.73. The van der Waals surface area contributed by atoms with Gasteiger partial charge in [-0.25, -0.2) is 9.50 Å². The number of aromatic nitrogens is 7. The van der Waals surface area contributed by atoms with Gasteiger partial charge >= 0.3 is 0 Å². The first-order valence-corrected chi connectivity index (χ1v) is 8.59. The zero-order chi connectivity index (χ0) is 17.8. The standard InChI is InChI=1S/C17H19N9/c1-24-7-11(16(18)22-24)13-9-26-14(5-6-20-26)15(21-13)12-8-25(23-17(12)19)10-3-2-4-10/h5-10H,2-4H2,1H3,(H2,18,22)(H2,19,23). The number of anilines is 2. The highest BCUT2D eigenvalue weighted by atomic mass is 15.3. The number of nitrogens with zero attached hydrogens (tertiary/aromatic N) is 7. The molecule has 0 aliphatic heterocycles. The maximum Gasteiger partial charge on any atom is 0.155 e. The molecule has 0 saturated heterocycles. The van der Waals surface area contributed by atoms with Gasteiger partial charge in [-0.1, -0.05) is 0 Å². The predicted molar refractivity (Wildman–Crippen MR) is 98.1 cm³/mol. The molecule has 132 valence electrons. The summed E-state index contributed by atoms with van der Waals surface area (Å²) in [6.45, 7) is 0. The summed E-state index contributed by atoms with van der Waals surface area (Å²) in [6.07, 6.45) is 10.9. The summed E-state index contributed by atoms with van der Waals surface area (Å²) in [4.78, 5) is 4.84. The molecule has 0 bridgehead atoms. The maximum atomic E-state index is 6.23. The van der Waals surface area contributed by atoms with Crippen LogP contribution in [0.4, 0.5) is 11.6 Å². The van der Waals surface area contributed by atoms with E-state index in [-0.39, 0.29) is 0 Å². The van der Waals surface area contributed by atoms with Gasteiger partial charge in [-0.05, 0) is 25.3 Å². The van der Waals surface area contributed by atoms with Crippen LogP contribution < -0.4 is 11.5 Å². The SMILES string of the molecule is Cn1cc(-c2cn3nccc3c(-c3cn(C4CCC4)nc3N)n2)c(N)n1. The number of hydrogen-bond donors (Lipinski definition) is 2. The minimum Gasteiger partial charge on any atom is -0.382 e. The average Bonchev–Trinajstić information content (AvgIpc) is 3.23. The monoisotopic (exact) mass is 349 g/mol. The Hall–Kier alpha value is -3.36. The summed E-state index contributed by atoms with van der Waals surface area (Å²) in [7, 11) is 1.83. The molecule has 0 unspecified atom stereocenters. The van der Waals surface area contributed by atoms with E-state index in [4.69, 9.17) is 16.5 Å². The van der Waals surface area contributed by atoms with E-state index >= 15 is 0 Å². The molecule has 4 aromatic heterocycles. The van der Waals surface area contributed by atoms with Gasteiger partial charge in [0.25, 0.3) is 0 Å². The molecule has 9 heteroatoms. The van der Waals surface area contributed by atoms with E-state index < -0.39 is 0 Å². The largest absolute Gasteiger partial charge is 0.382 e. The Bertz CT molecular complexity index is 1110. The summed E-state index contributed by atoms with van der Waals surface area (Å²) in [5, 5.41) is 13.1. The molecule has 0 amide bonds. The molecule has 1 aliphatic carbocycles. The molecular formula is C17H19N9. The van der Waals surface area contributed by atoms with Crippen LogP contribution in [0.1, 0.15) is 25.3 Å². The Morgan fingerprint density at radius 2 is 1.85 bits per heavy atom. The third-order valence-electron chi connectivity index (χ3n) is 4.99. The van der Waals surface area contributed by atoms with E-state index in [2.05, 4.69) is 15.3 Å². The molecule has 0 aromatic carbocycles. The Kier molecular flexibility index (Phi) is 3.05. The van der Waals surface area contributed by atoms with Crippen LogP contribution in [0.15, 0.2) is 30.9 Å². The van der Waals surface area contributed by atoms with E-state index in [0.717, 1.165) is 35.2 Å². The highest BCUT2D eigenvalue weighted by Gasteiger charge is 2.23. The van der Waals surface area contributed by atoms with Crippen LogP contribution in [0, 0.1) is 0 Å². The number of aryl methyl sites for hydroxylation is 1. The van der Waals surface area contributed by atoms with Crippen molar-refractivity contribution in [3.8, 4) is 22.5 Å². The average molecular weight is 349 g/mol. The lowest BCUT2D eigenvalue weighted by molar-refractivity contribution is 0.290. The van der Waals surface area contributed by atoms with Gasteiger partial charge in [-0.2, -0.15) is 15.3 Å². The van der Waals surface area contributed by atoms with Crippen molar-refractivity contribution in [2.75, 3.05) is 11.5 Å². The predicted octanol–water partition coefficient (Wildman–Crippen LogP) is 1.88. The highest BCUT2D eigenvalue weighted by molar-refractivity contribution is 5.84. The van der Waals surface area contributed by atoms with E-state index in [1.165, 1.54) is 6.42 Å². The molecule has 0 radical (unpaired) electrons. The fraction of sp³-hybridized carbons (Fsp3) is 0.294. The van der Waals surface area contributed by atoms with Gasteiger partial charge in [-0.15, -0.1) is 0 Å². The van der Waals surface area contributed by atoms with Gasteiger partial charge in [0.1, 0.15) is 5.69 Å². The second kappa shape index (κ2) is 5.32. The topological polar surface area (TPSA) is 118 Å². The molecule has 0 atom stereocenters. The number of hydrogen-bond acceptors (Lipinski definition) is 6. The third-order valence-corrected chi connectivity index (χ3v) is 4.99. The number of nitrogen functional groups attached to an aromatic ring is 2. The Balaban J connectivity index is 1.71. The van der Waals surface area contributed by atoms with Crippen molar-refractivity contribution in [3.63, 3.8) is 0 Å². The molecule has 1 fully saturated rings. The van der Waals surface area contributed by atoms with Gasteiger partial charge in [0.15, 0.2) is 11.6 Å². The molecule has 4 heterocycles. The van der Waals surface area contributed by atoms with Crippen molar-refractivity contribution < 1.29 is 0 Å². The van der Waals surface area contributed by atoms with Crippen molar-refractivity contribution in [2.24, 2.45) is 7.05 Å². The summed E-state index contributed by atoms with van der Waals surface area (Å²) >= 11 is 0. The van der Waals surface area contributed by atoms with Crippen LogP contribution >= 0.6 is 0 Å². The van der Waals surface area contributed by atoms with E-state index in [1.807, 2.05) is 36.4 Å².